The normalized spacial score (nSPS) is 17.6. The van der Waals surface area contributed by atoms with Crippen molar-refractivity contribution in [2.24, 2.45) is 5.92 Å². The summed E-state index contributed by atoms with van der Waals surface area (Å²) in [7, 11) is -3.23. The van der Waals surface area contributed by atoms with Gasteiger partial charge in [-0.25, -0.2) is 8.42 Å². The molecule has 1 unspecified atom stereocenters. The van der Waals surface area contributed by atoms with Gasteiger partial charge < -0.3 is 14.4 Å². The fourth-order valence-corrected chi connectivity index (χ4v) is 6.42. The molecule has 4 aromatic carbocycles. The van der Waals surface area contributed by atoms with Crippen LogP contribution in [-0.4, -0.2) is 44.9 Å². The molecule has 0 aromatic heterocycles. The molecule has 0 saturated carbocycles. The van der Waals surface area contributed by atoms with Gasteiger partial charge in [-0.2, -0.15) is 0 Å². The zero-order valence-corrected chi connectivity index (χ0v) is 23.8. The van der Waals surface area contributed by atoms with Gasteiger partial charge in [0.2, 0.25) is 12.2 Å². The summed E-state index contributed by atoms with van der Waals surface area (Å²) in [6.07, 6.45) is 2.48. The standard InChI is InChI=1S/C34H33NO5S/c1-41(37,38)30-15-12-24(13-16-30)28-14-17-31-29(22-28)23-39-34(40-31)27-18-20-35(21-19-27)33(36)32(25-8-4-2-5-9-25)26-10-6-3-7-11-26/h2-17,22,27,32,34H,18-21,23H2,1H3. The van der Waals surface area contributed by atoms with E-state index in [4.69, 9.17) is 9.47 Å². The van der Waals surface area contributed by atoms with Gasteiger partial charge >= 0.3 is 0 Å². The van der Waals surface area contributed by atoms with Crippen molar-refractivity contribution in [2.45, 2.75) is 36.6 Å². The molecule has 210 valence electrons. The van der Waals surface area contributed by atoms with Gasteiger partial charge in [0.05, 0.1) is 17.4 Å². The molecule has 2 aliphatic rings. The third-order valence-electron chi connectivity index (χ3n) is 8.07. The van der Waals surface area contributed by atoms with E-state index in [1.807, 2.05) is 95.9 Å². The molecule has 1 fully saturated rings. The maximum absolute atomic E-state index is 13.8. The molecule has 0 bridgehead atoms. The van der Waals surface area contributed by atoms with Gasteiger partial charge in [-0.3, -0.25) is 4.79 Å². The van der Waals surface area contributed by atoms with Crippen LogP contribution in [0, 0.1) is 5.92 Å². The highest BCUT2D eigenvalue weighted by molar-refractivity contribution is 7.90. The lowest BCUT2D eigenvalue weighted by Gasteiger charge is -2.39. The third-order valence-corrected chi connectivity index (χ3v) is 9.20. The molecule has 6 nitrogen and oxygen atoms in total. The molecule has 0 spiro atoms. The molecule has 0 N–H and O–H groups in total. The maximum atomic E-state index is 13.8. The number of benzene rings is 4. The second kappa shape index (κ2) is 11.5. The van der Waals surface area contributed by atoms with Crippen molar-refractivity contribution in [3.8, 4) is 16.9 Å². The average molecular weight is 568 g/mol. The van der Waals surface area contributed by atoms with Gasteiger partial charge in [-0.05, 0) is 59.4 Å². The summed E-state index contributed by atoms with van der Waals surface area (Å²) in [6, 6.07) is 32.9. The van der Waals surface area contributed by atoms with E-state index in [1.54, 1.807) is 12.1 Å². The van der Waals surface area contributed by atoms with Crippen LogP contribution in [0.25, 0.3) is 11.1 Å². The fraction of sp³-hybridized carbons (Fsp3) is 0.265. The van der Waals surface area contributed by atoms with E-state index < -0.39 is 9.84 Å². The van der Waals surface area contributed by atoms with Crippen LogP contribution in [0.15, 0.2) is 108 Å². The van der Waals surface area contributed by atoms with Crippen molar-refractivity contribution in [1.82, 2.24) is 4.90 Å². The molecule has 0 aliphatic carbocycles. The molecule has 41 heavy (non-hydrogen) atoms. The first kappa shape index (κ1) is 27.2. The minimum atomic E-state index is -3.23. The van der Waals surface area contributed by atoms with E-state index in [2.05, 4.69) is 0 Å². The van der Waals surface area contributed by atoms with Crippen LogP contribution in [-0.2, 0) is 26.0 Å². The van der Waals surface area contributed by atoms with Crippen LogP contribution in [0.3, 0.4) is 0 Å². The minimum absolute atomic E-state index is 0.133. The van der Waals surface area contributed by atoms with Gasteiger partial charge in [-0.1, -0.05) is 78.9 Å². The summed E-state index contributed by atoms with van der Waals surface area (Å²) < 4.78 is 36.0. The highest BCUT2D eigenvalue weighted by atomic mass is 32.2. The van der Waals surface area contributed by atoms with E-state index in [0.29, 0.717) is 24.6 Å². The van der Waals surface area contributed by atoms with Gasteiger partial charge in [0.25, 0.3) is 0 Å². The third kappa shape index (κ3) is 5.92. The molecule has 7 heteroatoms. The smallest absolute Gasteiger partial charge is 0.234 e. The van der Waals surface area contributed by atoms with Gasteiger partial charge in [0.15, 0.2) is 9.84 Å². The Morgan fingerprint density at radius 1 is 0.805 bits per heavy atom. The van der Waals surface area contributed by atoms with Crippen LogP contribution in [0.2, 0.25) is 0 Å². The summed E-state index contributed by atoms with van der Waals surface area (Å²) in [5.74, 6) is 0.820. The first-order valence-corrected chi connectivity index (χ1v) is 15.9. The lowest BCUT2D eigenvalue weighted by Crippen LogP contribution is -2.45. The monoisotopic (exact) mass is 567 g/mol. The van der Waals surface area contributed by atoms with Crippen LogP contribution >= 0.6 is 0 Å². The predicted molar refractivity (Wildman–Crippen MR) is 158 cm³/mol. The number of carbonyl (C=O) groups excluding carboxylic acids is 1. The Bertz CT molecular complexity index is 1570. The molecular formula is C34H33NO5S. The molecular weight excluding hydrogens is 534 g/mol. The van der Waals surface area contributed by atoms with Gasteiger partial charge in [0, 0.05) is 30.8 Å². The number of carbonyl (C=O) groups is 1. The summed E-state index contributed by atoms with van der Waals surface area (Å²) in [5.41, 5.74) is 4.89. The predicted octanol–water partition coefficient (Wildman–Crippen LogP) is 6.06. The largest absolute Gasteiger partial charge is 0.464 e. The number of nitrogens with zero attached hydrogens (tertiary/aromatic N) is 1. The van der Waals surface area contributed by atoms with Crippen LogP contribution < -0.4 is 4.74 Å². The molecule has 4 aromatic rings. The number of piperidine rings is 1. The maximum Gasteiger partial charge on any atom is 0.234 e. The summed E-state index contributed by atoms with van der Waals surface area (Å²) in [5, 5.41) is 0. The molecule has 2 aliphatic heterocycles. The number of ether oxygens (including phenoxy) is 2. The highest BCUT2D eigenvalue weighted by Crippen LogP contribution is 2.36. The van der Waals surface area contributed by atoms with Crippen molar-refractivity contribution in [3.63, 3.8) is 0 Å². The Morgan fingerprint density at radius 2 is 1.39 bits per heavy atom. The van der Waals surface area contributed by atoms with Crippen molar-refractivity contribution >= 4 is 15.7 Å². The van der Waals surface area contributed by atoms with E-state index >= 15 is 0 Å². The van der Waals surface area contributed by atoms with Gasteiger partial charge in [-0.15, -0.1) is 0 Å². The topological polar surface area (TPSA) is 72.9 Å². The molecule has 1 atom stereocenters. The highest BCUT2D eigenvalue weighted by Gasteiger charge is 2.35. The van der Waals surface area contributed by atoms with E-state index in [0.717, 1.165) is 46.4 Å². The Labute approximate surface area is 241 Å². The quantitative estimate of drug-likeness (QED) is 0.283. The minimum Gasteiger partial charge on any atom is -0.464 e. The number of sulfone groups is 1. The number of amides is 1. The van der Waals surface area contributed by atoms with E-state index in [-0.39, 0.29) is 24.0 Å². The van der Waals surface area contributed by atoms with Crippen LogP contribution in [0.4, 0.5) is 0 Å². The summed E-state index contributed by atoms with van der Waals surface area (Å²) >= 11 is 0. The zero-order chi connectivity index (χ0) is 28.4. The summed E-state index contributed by atoms with van der Waals surface area (Å²) in [6.45, 7) is 1.77. The lowest BCUT2D eigenvalue weighted by molar-refractivity contribution is -0.154. The van der Waals surface area contributed by atoms with Crippen molar-refractivity contribution in [3.05, 3.63) is 120 Å². The average Bonchev–Trinajstić information content (AvgIpc) is 3.01. The van der Waals surface area contributed by atoms with Gasteiger partial charge in [0.1, 0.15) is 5.75 Å². The van der Waals surface area contributed by atoms with Crippen LogP contribution in [0.5, 0.6) is 5.75 Å². The van der Waals surface area contributed by atoms with E-state index in [1.165, 1.54) is 6.26 Å². The Kier molecular flexibility index (Phi) is 7.65. The van der Waals surface area contributed by atoms with E-state index in [9.17, 15) is 13.2 Å². The molecule has 2 heterocycles. The Balaban J connectivity index is 1.10. The van der Waals surface area contributed by atoms with Crippen molar-refractivity contribution < 1.29 is 22.7 Å². The molecule has 1 saturated heterocycles. The molecule has 1 amide bonds. The summed E-state index contributed by atoms with van der Waals surface area (Å²) in [4.78, 5) is 16.1. The molecule has 6 rings (SSSR count). The Hall–Kier alpha value is -3.94. The van der Waals surface area contributed by atoms with Crippen molar-refractivity contribution in [1.29, 1.82) is 0 Å². The number of hydrogen-bond donors (Lipinski definition) is 0. The first-order chi connectivity index (χ1) is 19.9. The number of likely N-dealkylation sites (tertiary alicyclic amines) is 1. The Morgan fingerprint density at radius 3 is 1.98 bits per heavy atom. The SMILES string of the molecule is CS(=O)(=O)c1ccc(-c2ccc3c(c2)COC(C2CCN(C(=O)C(c4ccccc4)c4ccccc4)CC2)O3)cc1. The van der Waals surface area contributed by atoms with Crippen molar-refractivity contribution in [2.75, 3.05) is 19.3 Å². The number of rotatable bonds is 6. The number of fused-ring (bicyclic) bond motifs is 1. The fourth-order valence-electron chi connectivity index (χ4n) is 5.79. The van der Waals surface area contributed by atoms with Crippen LogP contribution in [0.1, 0.15) is 35.4 Å². The number of hydrogen-bond acceptors (Lipinski definition) is 5. The molecule has 0 radical (unpaired) electrons. The zero-order valence-electron chi connectivity index (χ0n) is 23.0. The second-order valence-electron chi connectivity index (χ2n) is 10.8. The second-order valence-corrected chi connectivity index (χ2v) is 12.8. The first-order valence-electron chi connectivity index (χ1n) is 14.0. The lowest BCUT2D eigenvalue weighted by atomic mass is 9.88.